The number of alkyl halides is 1. The van der Waals surface area contributed by atoms with E-state index in [-0.39, 0.29) is 0 Å². The molecule has 152 valence electrons. The molecule has 0 spiro atoms. The number of hydrazine groups is 1. The number of methoxy groups -OCH3 is 1. The summed E-state index contributed by atoms with van der Waals surface area (Å²) in [6.07, 6.45) is 4.96. The average molecular weight is 409 g/mol. The van der Waals surface area contributed by atoms with Crippen LogP contribution in [0.15, 0.2) is 12.4 Å². The molecular formula is C20H28ClFN5O+. The van der Waals surface area contributed by atoms with Crippen molar-refractivity contribution in [2.45, 2.75) is 27.3 Å². The first-order valence-electron chi connectivity index (χ1n) is 8.94. The van der Waals surface area contributed by atoms with E-state index in [1.54, 1.807) is 19.5 Å². The van der Waals surface area contributed by atoms with Crippen molar-refractivity contribution in [2.75, 3.05) is 32.9 Å². The Kier molecular flexibility index (Phi) is 7.32. The van der Waals surface area contributed by atoms with Gasteiger partial charge in [0.15, 0.2) is 5.35 Å². The lowest BCUT2D eigenvalue weighted by atomic mass is 10.1. The molecule has 2 rings (SSSR count). The zero-order valence-electron chi connectivity index (χ0n) is 17.5. The summed E-state index contributed by atoms with van der Waals surface area (Å²) in [4.78, 5) is 8.80. The highest BCUT2D eigenvalue weighted by atomic mass is 35.5. The monoisotopic (exact) mass is 408 g/mol. The second-order valence-corrected chi connectivity index (χ2v) is 7.10. The quantitative estimate of drug-likeness (QED) is 0.536. The number of hydrogen-bond donors (Lipinski definition) is 0. The van der Waals surface area contributed by atoms with Gasteiger partial charge in [-0.1, -0.05) is 11.6 Å². The zero-order valence-corrected chi connectivity index (χ0v) is 18.3. The normalized spacial score (nSPS) is 13.1. The van der Waals surface area contributed by atoms with Crippen LogP contribution in [0.25, 0.3) is 11.8 Å². The SMILES string of the molecule is COC(C)=c1nc(C)c(N(C)N(C)Cc2c(C)cncc2Cl)[n+](C)c1=CCF. The number of anilines is 1. The third kappa shape index (κ3) is 4.42. The molecule has 0 N–H and O–H groups in total. The fraction of sp³-hybridized carbons (Fsp3) is 0.450. The number of pyridine rings is 1. The highest BCUT2D eigenvalue weighted by molar-refractivity contribution is 6.31. The Morgan fingerprint density at radius 3 is 2.57 bits per heavy atom. The summed E-state index contributed by atoms with van der Waals surface area (Å²) in [6, 6.07) is 0. The number of nitrogens with zero attached hydrogens (tertiary/aromatic N) is 5. The van der Waals surface area contributed by atoms with Crippen LogP contribution < -0.4 is 20.3 Å². The molecule has 2 aromatic heterocycles. The molecule has 2 aromatic rings. The van der Waals surface area contributed by atoms with Crippen LogP contribution in [-0.4, -0.2) is 42.9 Å². The standard InChI is InChI=1S/C20H28ClFN5O/c1-13-10-23-11-17(21)16(13)12-25(4)27(6)20-14(2)24-19(15(3)28-7)18(8-9-22)26(20)5/h8,10-11H,9,12H2,1-7H3/q+1. The lowest BCUT2D eigenvalue weighted by molar-refractivity contribution is -0.674. The molecule has 0 fully saturated rings. The van der Waals surface area contributed by atoms with Gasteiger partial charge < -0.3 is 4.74 Å². The molecule has 0 aliphatic heterocycles. The van der Waals surface area contributed by atoms with E-state index in [1.807, 2.05) is 56.5 Å². The van der Waals surface area contributed by atoms with Crippen LogP contribution in [0.5, 0.6) is 0 Å². The van der Waals surface area contributed by atoms with Crippen molar-refractivity contribution in [1.82, 2.24) is 15.0 Å². The topological polar surface area (TPSA) is 45.4 Å². The van der Waals surface area contributed by atoms with Gasteiger partial charge in [-0.15, -0.1) is 5.01 Å². The maximum atomic E-state index is 13.2. The molecule has 0 saturated heterocycles. The van der Waals surface area contributed by atoms with E-state index in [1.165, 1.54) is 6.08 Å². The van der Waals surface area contributed by atoms with Crippen molar-refractivity contribution in [3.63, 3.8) is 0 Å². The molecule has 0 saturated carbocycles. The lowest BCUT2D eigenvalue weighted by Crippen LogP contribution is -2.61. The Morgan fingerprint density at radius 1 is 1.32 bits per heavy atom. The predicted molar refractivity (Wildman–Crippen MR) is 110 cm³/mol. The van der Waals surface area contributed by atoms with Crippen molar-refractivity contribution in [2.24, 2.45) is 7.05 Å². The molecule has 0 unspecified atom stereocenters. The van der Waals surface area contributed by atoms with Crippen molar-refractivity contribution < 1.29 is 13.7 Å². The molecule has 0 amide bonds. The summed E-state index contributed by atoms with van der Waals surface area (Å²) >= 11 is 6.34. The van der Waals surface area contributed by atoms with Gasteiger partial charge in [0, 0.05) is 19.4 Å². The second-order valence-electron chi connectivity index (χ2n) is 6.69. The average Bonchev–Trinajstić information content (AvgIpc) is 2.66. The van der Waals surface area contributed by atoms with Crippen molar-refractivity contribution in [3.8, 4) is 0 Å². The van der Waals surface area contributed by atoms with E-state index < -0.39 is 6.67 Å². The summed E-state index contributed by atoms with van der Waals surface area (Å²) in [5.74, 6) is 1.48. The van der Waals surface area contributed by atoms with Gasteiger partial charge in [-0.2, -0.15) is 5.01 Å². The van der Waals surface area contributed by atoms with Gasteiger partial charge in [0.05, 0.1) is 32.8 Å². The van der Waals surface area contributed by atoms with Crippen LogP contribution in [0, 0.1) is 13.8 Å². The van der Waals surface area contributed by atoms with Crippen LogP contribution in [0.2, 0.25) is 5.02 Å². The van der Waals surface area contributed by atoms with Gasteiger partial charge in [0.2, 0.25) is 0 Å². The minimum absolute atomic E-state index is 0.590. The summed E-state index contributed by atoms with van der Waals surface area (Å²) in [5.41, 5.74) is 2.84. The fourth-order valence-corrected chi connectivity index (χ4v) is 3.42. The molecule has 0 aliphatic carbocycles. The molecular weight excluding hydrogens is 381 g/mol. The maximum Gasteiger partial charge on any atom is 0.316 e. The van der Waals surface area contributed by atoms with Crippen LogP contribution >= 0.6 is 11.6 Å². The first-order valence-corrected chi connectivity index (χ1v) is 9.32. The first kappa shape index (κ1) is 22.0. The van der Waals surface area contributed by atoms with Crippen molar-refractivity contribution in [3.05, 3.63) is 44.9 Å². The van der Waals surface area contributed by atoms with Gasteiger partial charge in [0.1, 0.15) is 23.5 Å². The van der Waals surface area contributed by atoms with Crippen LogP contribution in [0.4, 0.5) is 10.2 Å². The Morgan fingerprint density at radius 2 is 2.00 bits per heavy atom. The third-order valence-corrected chi connectivity index (χ3v) is 5.19. The summed E-state index contributed by atoms with van der Waals surface area (Å²) < 4.78 is 20.5. The fourth-order valence-electron chi connectivity index (χ4n) is 3.16. The third-order valence-electron chi connectivity index (χ3n) is 4.86. The maximum absolute atomic E-state index is 13.2. The smallest absolute Gasteiger partial charge is 0.316 e. The number of rotatable bonds is 6. The largest absolute Gasteiger partial charge is 0.499 e. The van der Waals surface area contributed by atoms with Crippen LogP contribution in [0.1, 0.15) is 23.7 Å². The van der Waals surface area contributed by atoms with Crippen molar-refractivity contribution in [1.29, 1.82) is 0 Å². The van der Waals surface area contributed by atoms with Crippen LogP contribution in [-0.2, 0) is 18.3 Å². The molecule has 0 atom stereocenters. The van der Waals surface area contributed by atoms with E-state index in [9.17, 15) is 4.39 Å². The van der Waals surface area contributed by atoms with Gasteiger partial charge >= 0.3 is 5.82 Å². The van der Waals surface area contributed by atoms with Crippen molar-refractivity contribution >= 4 is 29.3 Å². The van der Waals surface area contributed by atoms with E-state index in [0.29, 0.717) is 28.0 Å². The van der Waals surface area contributed by atoms with E-state index in [2.05, 4.69) is 9.97 Å². The Bertz CT molecular complexity index is 959. The van der Waals surface area contributed by atoms with Gasteiger partial charge in [-0.05, 0) is 38.0 Å². The van der Waals surface area contributed by atoms with Gasteiger partial charge in [0.25, 0.3) is 0 Å². The minimum atomic E-state index is -0.590. The second kappa shape index (κ2) is 9.30. The zero-order chi connectivity index (χ0) is 21.0. The minimum Gasteiger partial charge on any atom is -0.499 e. The van der Waals surface area contributed by atoms with Crippen LogP contribution in [0.3, 0.4) is 0 Å². The van der Waals surface area contributed by atoms with Gasteiger partial charge in [-0.3, -0.25) is 4.98 Å². The summed E-state index contributed by atoms with van der Waals surface area (Å²) in [7, 11) is 7.39. The molecule has 0 bridgehead atoms. The molecule has 2 heterocycles. The highest BCUT2D eigenvalue weighted by Crippen LogP contribution is 2.21. The summed E-state index contributed by atoms with van der Waals surface area (Å²) in [6.45, 7) is 5.74. The molecule has 8 heteroatoms. The number of halogens is 2. The Hall–Kier alpha value is -2.25. The molecule has 6 nitrogen and oxygen atoms in total. The van der Waals surface area contributed by atoms with E-state index in [4.69, 9.17) is 16.3 Å². The summed E-state index contributed by atoms with van der Waals surface area (Å²) in [5, 5.41) is 5.95. The number of aromatic nitrogens is 3. The molecule has 0 aromatic carbocycles. The number of hydrogen-bond acceptors (Lipinski definition) is 5. The molecule has 28 heavy (non-hydrogen) atoms. The Labute approximate surface area is 170 Å². The van der Waals surface area contributed by atoms with E-state index in [0.717, 1.165) is 22.6 Å². The highest BCUT2D eigenvalue weighted by Gasteiger charge is 2.25. The number of ether oxygens (including phenoxy) is 1. The molecule has 0 radical (unpaired) electrons. The number of aryl methyl sites for hydroxylation is 2. The first-order chi connectivity index (χ1) is 13.2. The van der Waals surface area contributed by atoms with Gasteiger partial charge in [-0.25, -0.2) is 13.9 Å². The predicted octanol–water partition coefficient (Wildman–Crippen LogP) is 1.58. The Balaban J connectivity index is 2.55. The lowest BCUT2D eigenvalue weighted by Gasteiger charge is -2.25. The molecule has 0 aliphatic rings. The van der Waals surface area contributed by atoms with E-state index >= 15 is 0 Å².